The first kappa shape index (κ1) is 40.8. The summed E-state index contributed by atoms with van der Waals surface area (Å²) in [7, 11) is 0. The molecule has 8 nitrogen and oxygen atoms in total. The molecule has 0 spiro atoms. The average Bonchev–Trinajstić information content (AvgIpc) is 2.70. The number of nitrogens with two attached hydrogens (primary N) is 4. The van der Waals surface area contributed by atoms with Crippen molar-refractivity contribution in [3.05, 3.63) is 0 Å². The van der Waals surface area contributed by atoms with E-state index in [0.29, 0.717) is 25.9 Å². The van der Waals surface area contributed by atoms with E-state index in [1.165, 1.54) is 0 Å². The van der Waals surface area contributed by atoms with E-state index < -0.39 is 11.9 Å². The van der Waals surface area contributed by atoms with E-state index in [4.69, 9.17) is 22.9 Å². The molecule has 4 atom stereocenters. The number of rotatable bonds is 12. The summed E-state index contributed by atoms with van der Waals surface area (Å²) >= 11 is 0. The van der Waals surface area contributed by atoms with Crippen molar-refractivity contribution in [1.82, 2.24) is 0 Å². The Hall–Kier alpha value is -0.558. The quantitative estimate of drug-likeness (QED) is 0.257. The largest absolute Gasteiger partial charge is 2.00 e. The summed E-state index contributed by atoms with van der Waals surface area (Å²) in [5.74, 6) is -2.23. The van der Waals surface area contributed by atoms with E-state index in [-0.39, 0.29) is 44.3 Å². The summed E-state index contributed by atoms with van der Waals surface area (Å²) in [4.78, 5) is 20.7. The van der Waals surface area contributed by atoms with Crippen molar-refractivity contribution < 1.29 is 40.2 Å². The van der Waals surface area contributed by atoms with Gasteiger partial charge in [0.15, 0.2) is 0 Å². The van der Waals surface area contributed by atoms with Gasteiger partial charge in [0.2, 0.25) is 0 Å². The normalized spacial score (nSPS) is 13.2. The first-order chi connectivity index (χ1) is 14.0. The summed E-state index contributed by atoms with van der Waals surface area (Å²) in [6.45, 7) is 12.8. The van der Waals surface area contributed by atoms with Crippen LogP contribution in [0.3, 0.4) is 0 Å². The molecule has 0 saturated carbocycles. The van der Waals surface area contributed by atoms with E-state index >= 15 is 0 Å². The van der Waals surface area contributed by atoms with Crippen molar-refractivity contribution in [2.24, 2.45) is 34.8 Å². The molecule has 0 bridgehead atoms. The molecule has 0 aromatic carbocycles. The number of carbonyl (C=O) groups is 2. The Balaban J connectivity index is -0.000000101. The maximum Gasteiger partial charge on any atom is 2.00 e. The van der Waals surface area contributed by atoms with Crippen LogP contribution in [0.15, 0.2) is 0 Å². The van der Waals surface area contributed by atoms with Gasteiger partial charge in [0.05, 0.1) is 0 Å². The molecular formula is C22H50N4O4Pd. The Labute approximate surface area is 204 Å². The Bertz CT molecular complexity index is 339. The fourth-order valence-corrected chi connectivity index (χ4v) is 1.88. The van der Waals surface area contributed by atoms with E-state index in [1.807, 2.05) is 27.7 Å². The van der Waals surface area contributed by atoms with Crippen LogP contribution in [-0.4, -0.2) is 37.1 Å². The molecule has 9 heteroatoms. The molecule has 8 N–H and O–H groups in total. The van der Waals surface area contributed by atoms with Crippen LogP contribution < -0.4 is 33.1 Å². The van der Waals surface area contributed by atoms with Crippen LogP contribution in [0.25, 0.3) is 0 Å². The maximum absolute atomic E-state index is 10.3. The van der Waals surface area contributed by atoms with Crippen molar-refractivity contribution in [2.75, 3.05) is 13.1 Å². The van der Waals surface area contributed by atoms with Gasteiger partial charge >= 0.3 is 20.4 Å². The predicted molar refractivity (Wildman–Crippen MR) is 122 cm³/mol. The first-order valence-electron chi connectivity index (χ1n) is 11.3. The van der Waals surface area contributed by atoms with E-state index in [9.17, 15) is 19.8 Å². The third-order valence-corrected chi connectivity index (χ3v) is 4.21. The molecule has 0 radical (unpaired) electrons. The van der Waals surface area contributed by atoms with Crippen LogP contribution in [0.2, 0.25) is 0 Å². The van der Waals surface area contributed by atoms with Crippen molar-refractivity contribution in [3.63, 3.8) is 0 Å². The predicted octanol–water partition coefficient (Wildman–Crippen LogP) is 0.488. The maximum atomic E-state index is 10.3. The number of hydrogen-bond donors (Lipinski definition) is 4. The Kier molecular flexibility index (Phi) is 41.6. The summed E-state index contributed by atoms with van der Waals surface area (Å²) in [6, 6.07) is 0.324. The number of carbonyl (C=O) groups excluding carboxylic acids is 2. The zero-order valence-corrected chi connectivity index (χ0v) is 22.2. The van der Waals surface area contributed by atoms with Gasteiger partial charge in [0, 0.05) is 37.1 Å². The van der Waals surface area contributed by atoms with Gasteiger partial charge in [-0.25, -0.2) is 0 Å². The van der Waals surface area contributed by atoms with Crippen LogP contribution in [0, 0.1) is 11.8 Å². The molecule has 0 aromatic heterocycles. The molecule has 0 rings (SSSR count). The second-order valence-corrected chi connectivity index (χ2v) is 7.56. The van der Waals surface area contributed by atoms with Crippen LogP contribution in [0.1, 0.15) is 92.9 Å². The SMILES string of the molecule is CC(N)CN.CC(N)CN.CCCCC(CC)C(=O)[O-].CCCCC(CC)C(=O)[O-].[Pd+2]. The Morgan fingerprint density at radius 1 is 0.710 bits per heavy atom. The van der Waals surface area contributed by atoms with E-state index in [0.717, 1.165) is 38.5 Å². The number of carboxylic acid groups (broad SMARTS) is 2. The van der Waals surface area contributed by atoms with Gasteiger partial charge in [-0.15, -0.1) is 0 Å². The smallest absolute Gasteiger partial charge is 0.550 e. The Morgan fingerprint density at radius 2 is 0.935 bits per heavy atom. The van der Waals surface area contributed by atoms with Gasteiger partial charge in [-0.2, -0.15) is 0 Å². The minimum absolute atomic E-state index is 0. The zero-order valence-electron chi connectivity index (χ0n) is 20.6. The van der Waals surface area contributed by atoms with Crippen molar-refractivity contribution >= 4 is 11.9 Å². The van der Waals surface area contributed by atoms with Gasteiger partial charge < -0.3 is 42.7 Å². The number of hydrogen-bond acceptors (Lipinski definition) is 8. The van der Waals surface area contributed by atoms with Crippen LogP contribution in [-0.2, 0) is 30.0 Å². The van der Waals surface area contributed by atoms with Crippen molar-refractivity contribution in [3.8, 4) is 0 Å². The van der Waals surface area contributed by atoms with Gasteiger partial charge in [0.25, 0.3) is 0 Å². The van der Waals surface area contributed by atoms with Crippen LogP contribution in [0.4, 0.5) is 0 Å². The molecule has 0 saturated heterocycles. The van der Waals surface area contributed by atoms with E-state index in [2.05, 4.69) is 13.8 Å². The second kappa shape index (κ2) is 31.6. The molecule has 0 heterocycles. The average molecular weight is 541 g/mol. The molecule has 0 aliphatic carbocycles. The number of aliphatic carboxylic acids is 2. The Morgan fingerprint density at radius 3 is 1.03 bits per heavy atom. The van der Waals surface area contributed by atoms with Crippen molar-refractivity contribution in [1.29, 1.82) is 0 Å². The molecule has 0 aromatic rings. The molecule has 31 heavy (non-hydrogen) atoms. The summed E-state index contributed by atoms with van der Waals surface area (Å²) < 4.78 is 0. The summed E-state index contributed by atoms with van der Waals surface area (Å²) in [5.41, 5.74) is 20.4. The fraction of sp³-hybridized carbons (Fsp3) is 0.909. The number of carboxylic acids is 2. The monoisotopic (exact) mass is 540 g/mol. The molecule has 0 amide bonds. The zero-order chi connectivity index (χ0) is 24.5. The molecule has 0 fully saturated rings. The van der Waals surface area contributed by atoms with Gasteiger partial charge in [-0.1, -0.05) is 53.4 Å². The fourth-order valence-electron chi connectivity index (χ4n) is 1.88. The third kappa shape index (κ3) is 40.3. The minimum atomic E-state index is -0.893. The minimum Gasteiger partial charge on any atom is -0.550 e. The molecule has 4 unspecified atom stereocenters. The van der Waals surface area contributed by atoms with Crippen LogP contribution in [0.5, 0.6) is 0 Å². The first-order valence-corrected chi connectivity index (χ1v) is 11.3. The standard InChI is InChI=1S/2C8H16O2.2C3H10N2.Pd/c2*1-3-5-6-7(4-2)8(9)10;2*1-3(5)2-4;/h2*7H,3-6H2,1-2H3,(H,9,10);2*3H,2,4-5H2,1H3;/q;;;;+2/p-2. The van der Waals surface area contributed by atoms with Crippen molar-refractivity contribution in [2.45, 2.75) is 105 Å². The molecule has 192 valence electrons. The van der Waals surface area contributed by atoms with Gasteiger partial charge in [-0.05, 0) is 51.4 Å². The number of unbranched alkanes of at least 4 members (excludes halogenated alkanes) is 2. The van der Waals surface area contributed by atoms with Crippen LogP contribution >= 0.6 is 0 Å². The van der Waals surface area contributed by atoms with Gasteiger partial charge in [0.1, 0.15) is 0 Å². The molecule has 0 aliphatic rings. The third-order valence-electron chi connectivity index (χ3n) is 4.21. The summed E-state index contributed by atoms with van der Waals surface area (Å²) in [5, 5.41) is 20.7. The second-order valence-electron chi connectivity index (χ2n) is 7.56. The molecule has 0 aliphatic heterocycles. The molecular weight excluding hydrogens is 491 g/mol. The topological polar surface area (TPSA) is 184 Å². The van der Waals surface area contributed by atoms with Gasteiger partial charge in [-0.3, -0.25) is 0 Å². The summed E-state index contributed by atoms with van der Waals surface area (Å²) in [6.07, 6.45) is 7.04. The van der Waals surface area contributed by atoms with E-state index in [1.54, 1.807) is 0 Å².